The average molecular weight is 226 g/mol. The highest BCUT2D eigenvalue weighted by molar-refractivity contribution is 5.69. The summed E-state index contributed by atoms with van der Waals surface area (Å²) in [6, 6.07) is 5.92. The molecule has 0 aromatic heterocycles. The summed E-state index contributed by atoms with van der Waals surface area (Å²) in [5.41, 5.74) is 0. The topological polar surface area (TPSA) is 35.5 Å². The Balaban J connectivity index is 2.18. The third-order valence-corrected chi connectivity index (χ3v) is 1.90. The lowest BCUT2D eigenvalue weighted by molar-refractivity contribution is -0.143. The minimum Gasteiger partial charge on any atom is -0.493 e. The number of halogens is 1. The van der Waals surface area contributed by atoms with Crippen molar-refractivity contribution in [2.75, 3.05) is 13.2 Å². The Kier molecular flexibility index (Phi) is 5.32. The summed E-state index contributed by atoms with van der Waals surface area (Å²) in [7, 11) is 0. The van der Waals surface area contributed by atoms with Gasteiger partial charge >= 0.3 is 5.97 Å². The molecule has 0 radical (unpaired) electrons. The van der Waals surface area contributed by atoms with Crippen LogP contribution < -0.4 is 4.74 Å². The molecule has 0 saturated heterocycles. The third-order valence-electron chi connectivity index (χ3n) is 1.90. The van der Waals surface area contributed by atoms with E-state index in [1.54, 1.807) is 19.1 Å². The summed E-state index contributed by atoms with van der Waals surface area (Å²) in [4.78, 5) is 11.0. The number of benzene rings is 1. The van der Waals surface area contributed by atoms with E-state index in [2.05, 4.69) is 0 Å². The molecule has 1 aromatic rings. The summed E-state index contributed by atoms with van der Waals surface area (Å²) < 4.78 is 22.8. The molecule has 88 valence electrons. The van der Waals surface area contributed by atoms with Crippen molar-refractivity contribution >= 4 is 5.97 Å². The Bertz CT molecular complexity index is 339. The van der Waals surface area contributed by atoms with Crippen molar-refractivity contribution in [1.29, 1.82) is 0 Å². The van der Waals surface area contributed by atoms with Crippen LogP contribution in [0.1, 0.15) is 19.8 Å². The van der Waals surface area contributed by atoms with Crippen LogP contribution in [0.3, 0.4) is 0 Å². The van der Waals surface area contributed by atoms with E-state index in [9.17, 15) is 9.18 Å². The molecule has 0 heterocycles. The minimum absolute atomic E-state index is 0.231. The smallest absolute Gasteiger partial charge is 0.305 e. The normalized spacial score (nSPS) is 9.88. The lowest BCUT2D eigenvalue weighted by Gasteiger charge is -2.05. The molecular weight excluding hydrogens is 211 g/mol. The van der Waals surface area contributed by atoms with E-state index in [1.165, 1.54) is 12.1 Å². The molecule has 4 heteroatoms. The van der Waals surface area contributed by atoms with Crippen LogP contribution in [0.5, 0.6) is 5.75 Å². The number of rotatable bonds is 6. The SMILES string of the molecule is CCOC(=O)CCCOc1cccc(F)c1. The van der Waals surface area contributed by atoms with Gasteiger partial charge < -0.3 is 9.47 Å². The molecule has 0 aliphatic rings. The predicted molar refractivity (Wildman–Crippen MR) is 57.8 cm³/mol. The van der Waals surface area contributed by atoms with E-state index >= 15 is 0 Å². The second-order valence-corrected chi connectivity index (χ2v) is 3.21. The maximum absolute atomic E-state index is 12.8. The molecule has 3 nitrogen and oxygen atoms in total. The van der Waals surface area contributed by atoms with Gasteiger partial charge in [-0.25, -0.2) is 4.39 Å². The number of hydrogen-bond donors (Lipinski definition) is 0. The average Bonchev–Trinajstić information content (AvgIpc) is 2.25. The molecule has 0 N–H and O–H groups in total. The van der Waals surface area contributed by atoms with Crippen LogP contribution in [0.4, 0.5) is 4.39 Å². The van der Waals surface area contributed by atoms with Gasteiger partial charge in [-0.05, 0) is 25.5 Å². The summed E-state index contributed by atoms with van der Waals surface area (Å²) in [6.07, 6.45) is 0.887. The maximum atomic E-state index is 12.8. The summed E-state index contributed by atoms with van der Waals surface area (Å²) in [6.45, 7) is 2.53. The first-order valence-electron chi connectivity index (χ1n) is 5.26. The van der Waals surface area contributed by atoms with Gasteiger partial charge in [-0.3, -0.25) is 4.79 Å². The van der Waals surface area contributed by atoms with Gasteiger partial charge in [-0.15, -0.1) is 0 Å². The number of carbonyl (C=O) groups excluding carboxylic acids is 1. The van der Waals surface area contributed by atoms with Crippen LogP contribution in [0.25, 0.3) is 0 Å². The van der Waals surface area contributed by atoms with Crippen LogP contribution in [0.15, 0.2) is 24.3 Å². The van der Waals surface area contributed by atoms with Gasteiger partial charge in [-0.2, -0.15) is 0 Å². The van der Waals surface area contributed by atoms with E-state index in [4.69, 9.17) is 9.47 Å². The van der Waals surface area contributed by atoms with E-state index in [-0.39, 0.29) is 11.8 Å². The molecule has 0 fully saturated rings. The number of carbonyl (C=O) groups is 1. The Morgan fingerprint density at radius 2 is 2.25 bits per heavy atom. The molecule has 0 spiro atoms. The highest BCUT2D eigenvalue weighted by Gasteiger charge is 2.01. The zero-order valence-corrected chi connectivity index (χ0v) is 9.24. The fraction of sp³-hybridized carbons (Fsp3) is 0.417. The first kappa shape index (κ1) is 12.5. The highest BCUT2D eigenvalue weighted by atomic mass is 19.1. The van der Waals surface area contributed by atoms with E-state index < -0.39 is 0 Å². The summed E-state index contributed by atoms with van der Waals surface area (Å²) in [5.74, 6) is -0.0860. The molecule has 1 aromatic carbocycles. The largest absolute Gasteiger partial charge is 0.493 e. The maximum Gasteiger partial charge on any atom is 0.305 e. The molecule has 0 amide bonds. The second-order valence-electron chi connectivity index (χ2n) is 3.21. The molecule has 1 rings (SSSR count). The highest BCUT2D eigenvalue weighted by Crippen LogP contribution is 2.12. The zero-order valence-electron chi connectivity index (χ0n) is 9.24. The summed E-state index contributed by atoms with van der Waals surface area (Å²) >= 11 is 0. The van der Waals surface area contributed by atoms with Crippen molar-refractivity contribution in [1.82, 2.24) is 0 Å². The van der Waals surface area contributed by atoms with E-state index in [1.807, 2.05) is 0 Å². The van der Waals surface area contributed by atoms with Gasteiger partial charge in [-0.1, -0.05) is 6.07 Å². The van der Waals surface area contributed by atoms with Crippen LogP contribution in [0.2, 0.25) is 0 Å². The van der Waals surface area contributed by atoms with Gasteiger partial charge in [0.2, 0.25) is 0 Å². The number of ether oxygens (including phenoxy) is 2. The third kappa shape index (κ3) is 4.77. The van der Waals surface area contributed by atoms with Gasteiger partial charge in [0.25, 0.3) is 0 Å². The lowest BCUT2D eigenvalue weighted by Crippen LogP contribution is -2.06. The lowest BCUT2D eigenvalue weighted by atomic mass is 10.3. The molecule has 0 aliphatic carbocycles. The Labute approximate surface area is 94.2 Å². The van der Waals surface area contributed by atoms with Gasteiger partial charge in [0.05, 0.1) is 13.2 Å². The van der Waals surface area contributed by atoms with E-state index in [0.29, 0.717) is 31.8 Å². The van der Waals surface area contributed by atoms with E-state index in [0.717, 1.165) is 0 Å². The fourth-order valence-corrected chi connectivity index (χ4v) is 1.20. The minimum atomic E-state index is -0.331. The molecular formula is C12H15FO3. The van der Waals surface area contributed by atoms with Crippen molar-refractivity contribution in [3.8, 4) is 5.75 Å². The first-order chi connectivity index (χ1) is 7.72. The van der Waals surface area contributed by atoms with Crippen LogP contribution in [-0.4, -0.2) is 19.2 Å². The molecule has 0 unspecified atom stereocenters. The van der Waals surface area contributed by atoms with Crippen LogP contribution in [-0.2, 0) is 9.53 Å². The van der Waals surface area contributed by atoms with Gasteiger partial charge in [0, 0.05) is 12.5 Å². The fourth-order valence-electron chi connectivity index (χ4n) is 1.20. The van der Waals surface area contributed by atoms with Crippen molar-refractivity contribution in [3.63, 3.8) is 0 Å². The molecule has 0 aliphatic heterocycles. The molecule has 0 saturated carbocycles. The Hall–Kier alpha value is -1.58. The molecule has 0 bridgehead atoms. The Morgan fingerprint density at radius 3 is 2.94 bits per heavy atom. The number of hydrogen-bond acceptors (Lipinski definition) is 3. The monoisotopic (exact) mass is 226 g/mol. The van der Waals surface area contributed by atoms with Gasteiger partial charge in [0.1, 0.15) is 11.6 Å². The quantitative estimate of drug-likeness (QED) is 0.552. The van der Waals surface area contributed by atoms with Crippen molar-refractivity contribution < 1.29 is 18.7 Å². The van der Waals surface area contributed by atoms with Crippen LogP contribution in [0, 0.1) is 5.82 Å². The second kappa shape index (κ2) is 6.82. The zero-order chi connectivity index (χ0) is 11.8. The van der Waals surface area contributed by atoms with Crippen LogP contribution >= 0.6 is 0 Å². The van der Waals surface area contributed by atoms with Crippen molar-refractivity contribution in [2.45, 2.75) is 19.8 Å². The standard InChI is InChI=1S/C12H15FO3/c1-2-15-12(14)7-4-8-16-11-6-3-5-10(13)9-11/h3,5-6,9H,2,4,7-8H2,1H3. The van der Waals surface area contributed by atoms with Crippen molar-refractivity contribution in [2.24, 2.45) is 0 Å². The number of esters is 1. The van der Waals surface area contributed by atoms with Crippen molar-refractivity contribution in [3.05, 3.63) is 30.1 Å². The summed E-state index contributed by atoms with van der Waals surface area (Å²) in [5, 5.41) is 0. The molecule has 16 heavy (non-hydrogen) atoms. The molecule has 0 atom stereocenters. The predicted octanol–water partition coefficient (Wildman–Crippen LogP) is 2.55. The first-order valence-corrected chi connectivity index (χ1v) is 5.26. The Morgan fingerprint density at radius 1 is 1.44 bits per heavy atom. The van der Waals surface area contributed by atoms with Gasteiger partial charge in [0.15, 0.2) is 0 Å².